The summed E-state index contributed by atoms with van der Waals surface area (Å²) in [4.78, 5) is 4.72. The van der Waals surface area contributed by atoms with Gasteiger partial charge in [-0.1, -0.05) is 6.07 Å². The molecular weight excluding hydrogens is 218 g/mol. The Kier molecular flexibility index (Phi) is 3.67. The summed E-state index contributed by atoms with van der Waals surface area (Å²) in [7, 11) is -1.81. The molecule has 2 N–H and O–H groups in total. The summed E-state index contributed by atoms with van der Waals surface area (Å²) in [6, 6.07) is 4.21. The van der Waals surface area contributed by atoms with Crippen molar-refractivity contribution < 1.29 is 18.4 Å². The fourth-order valence-corrected chi connectivity index (χ4v) is 1.71. The first-order valence-electron chi connectivity index (χ1n) is 4.23. The van der Waals surface area contributed by atoms with Gasteiger partial charge in [-0.15, -0.1) is 0 Å². The number of hydrogen-bond acceptors (Lipinski definition) is 5. The van der Waals surface area contributed by atoms with E-state index in [1.165, 1.54) is 25.3 Å². The van der Waals surface area contributed by atoms with E-state index in [-0.39, 0.29) is 10.6 Å². The molecule has 15 heavy (non-hydrogen) atoms. The van der Waals surface area contributed by atoms with Crippen LogP contribution >= 0.6 is 0 Å². The number of rotatable bonds is 4. The lowest BCUT2D eigenvalue weighted by molar-refractivity contribution is 0.0861. The lowest BCUT2D eigenvalue weighted by Gasteiger charge is -2.06. The smallest absolute Gasteiger partial charge is 0.175 e. The zero-order valence-electron chi connectivity index (χ0n) is 8.52. The molecule has 0 amide bonds. The van der Waals surface area contributed by atoms with Gasteiger partial charge in [0.15, 0.2) is 9.84 Å². The highest BCUT2D eigenvalue weighted by Crippen LogP contribution is 2.21. The van der Waals surface area contributed by atoms with E-state index in [1.54, 1.807) is 0 Å². The SMILES string of the molecule is CONCc1ccc(S(C)(=O)=O)cc1O. The molecule has 0 radical (unpaired) electrons. The Morgan fingerprint density at radius 2 is 2.13 bits per heavy atom. The number of nitrogens with one attached hydrogen (secondary N) is 1. The highest BCUT2D eigenvalue weighted by atomic mass is 32.2. The maximum atomic E-state index is 11.2. The minimum atomic E-state index is -3.27. The second kappa shape index (κ2) is 4.61. The largest absolute Gasteiger partial charge is 0.508 e. The van der Waals surface area contributed by atoms with Crippen molar-refractivity contribution in [2.45, 2.75) is 11.4 Å². The van der Waals surface area contributed by atoms with Gasteiger partial charge in [0, 0.05) is 18.4 Å². The molecule has 0 aromatic heterocycles. The monoisotopic (exact) mass is 231 g/mol. The number of hydroxylamine groups is 1. The van der Waals surface area contributed by atoms with Crippen LogP contribution in [0.4, 0.5) is 0 Å². The first kappa shape index (κ1) is 12.0. The Hall–Kier alpha value is -1.11. The zero-order chi connectivity index (χ0) is 11.5. The summed E-state index contributed by atoms with van der Waals surface area (Å²) in [5.41, 5.74) is 3.13. The van der Waals surface area contributed by atoms with Crippen molar-refractivity contribution in [2.24, 2.45) is 0 Å². The van der Waals surface area contributed by atoms with Crippen LogP contribution in [-0.2, 0) is 21.2 Å². The van der Waals surface area contributed by atoms with Crippen LogP contribution in [0.2, 0.25) is 0 Å². The van der Waals surface area contributed by atoms with Crippen LogP contribution in [-0.4, -0.2) is 26.9 Å². The number of benzene rings is 1. The predicted octanol–water partition coefficient (Wildman–Crippen LogP) is 0.447. The summed E-state index contributed by atoms with van der Waals surface area (Å²) in [5.74, 6) is -0.0672. The fraction of sp³-hybridized carbons (Fsp3) is 0.333. The first-order valence-corrected chi connectivity index (χ1v) is 6.12. The van der Waals surface area contributed by atoms with Crippen molar-refractivity contribution in [2.75, 3.05) is 13.4 Å². The van der Waals surface area contributed by atoms with E-state index in [9.17, 15) is 13.5 Å². The number of sulfone groups is 1. The van der Waals surface area contributed by atoms with E-state index in [2.05, 4.69) is 10.3 Å². The molecule has 84 valence electrons. The normalized spacial score (nSPS) is 11.6. The lowest BCUT2D eigenvalue weighted by atomic mass is 10.2. The van der Waals surface area contributed by atoms with Crippen molar-refractivity contribution in [3.05, 3.63) is 23.8 Å². The molecule has 0 fully saturated rings. The standard InChI is InChI=1S/C9H13NO4S/c1-14-10-6-7-3-4-8(5-9(7)11)15(2,12)13/h3-5,10-11H,6H2,1-2H3. The number of hydrogen-bond donors (Lipinski definition) is 2. The van der Waals surface area contributed by atoms with Gasteiger partial charge in [-0.25, -0.2) is 8.42 Å². The van der Waals surface area contributed by atoms with Gasteiger partial charge < -0.3 is 9.94 Å². The molecule has 0 aliphatic rings. The summed E-state index contributed by atoms with van der Waals surface area (Å²) in [6.07, 6.45) is 1.09. The van der Waals surface area contributed by atoms with Gasteiger partial charge in [-0.3, -0.25) is 0 Å². The highest BCUT2D eigenvalue weighted by Gasteiger charge is 2.10. The number of phenols is 1. The van der Waals surface area contributed by atoms with E-state index >= 15 is 0 Å². The molecule has 5 nitrogen and oxygen atoms in total. The molecule has 0 atom stereocenters. The Morgan fingerprint density at radius 1 is 1.47 bits per heavy atom. The lowest BCUT2D eigenvalue weighted by Crippen LogP contribution is -2.11. The molecule has 0 unspecified atom stereocenters. The van der Waals surface area contributed by atoms with Gasteiger partial charge in [-0.05, 0) is 12.1 Å². The first-order chi connectivity index (χ1) is 6.95. The van der Waals surface area contributed by atoms with Crippen molar-refractivity contribution in [1.82, 2.24) is 5.48 Å². The summed E-state index contributed by atoms with van der Waals surface area (Å²) in [5, 5.41) is 9.52. The third-order valence-electron chi connectivity index (χ3n) is 1.89. The van der Waals surface area contributed by atoms with Crippen LogP contribution < -0.4 is 5.48 Å². The molecular formula is C9H13NO4S. The van der Waals surface area contributed by atoms with Crippen LogP contribution in [0.15, 0.2) is 23.1 Å². The van der Waals surface area contributed by atoms with Gasteiger partial charge in [0.25, 0.3) is 0 Å². The quantitative estimate of drug-likeness (QED) is 0.736. The highest BCUT2D eigenvalue weighted by molar-refractivity contribution is 7.90. The van der Waals surface area contributed by atoms with Gasteiger partial charge in [0.2, 0.25) is 0 Å². The maximum Gasteiger partial charge on any atom is 0.175 e. The van der Waals surface area contributed by atoms with Crippen molar-refractivity contribution in [3.63, 3.8) is 0 Å². The van der Waals surface area contributed by atoms with Gasteiger partial charge in [0.1, 0.15) is 5.75 Å². The topological polar surface area (TPSA) is 75.6 Å². The molecule has 0 spiro atoms. The van der Waals surface area contributed by atoms with Gasteiger partial charge >= 0.3 is 0 Å². The van der Waals surface area contributed by atoms with E-state index in [0.29, 0.717) is 12.1 Å². The van der Waals surface area contributed by atoms with Crippen LogP contribution in [0, 0.1) is 0 Å². The molecule has 0 saturated carbocycles. The Morgan fingerprint density at radius 3 is 2.60 bits per heavy atom. The molecule has 0 bridgehead atoms. The van der Waals surface area contributed by atoms with Crippen LogP contribution in [0.25, 0.3) is 0 Å². The molecule has 0 saturated heterocycles. The number of aromatic hydroxyl groups is 1. The third kappa shape index (κ3) is 3.19. The Labute approximate surface area is 88.6 Å². The molecule has 0 heterocycles. The Bertz CT molecular complexity index is 441. The fourth-order valence-electron chi connectivity index (χ4n) is 1.07. The minimum Gasteiger partial charge on any atom is -0.508 e. The van der Waals surface area contributed by atoms with E-state index in [0.717, 1.165) is 6.26 Å². The minimum absolute atomic E-state index is 0.0672. The van der Waals surface area contributed by atoms with Crippen molar-refractivity contribution in [1.29, 1.82) is 0 Å². The molecule has 1 rings (SSSR count). The third-order valence-corrected chi connectivity index (χ3v) is 3.00. The van der Waals surface area contributed by atoms with Crippen LogP contribution in [0.5, 0.6) is 5.75 Å². The predicted molar refractivity (Wildman–Crippen MR) is 55.1 cm³/mol. The van der Waals surface area contributed by atoms with E-state index in [4.69, 9.17) is 0 Å². The maximum absolute atomic E-state index is 11.2. The average Bonchev–Trinajstić information content (AvgIpc) is 2.14. The molecule has 6 heteroatoms. The van der Waals surface area contributed by atoms with Crippen molar-refractivity contribution >= 4 is 9.84 Å². The van der Waals surface area contributed by atoms with Crippen molar-refractivity contribution in [3.8, 4) is 5.75 Å². The van der Waals surface area contributed by atoms with Crippen LogP contribution in [0.1, 0.15) is 5.56 Å². The molecule has 1 aromatic rings. The van der Waals surface area contributed by atoms with Gasteiger partial charge in [-0.2, -0.15) is 5.48 Å². The second-order valence-electron chi connectivity index (χ2n) is 3.09. The Balaban J connectivity index is 2.99. The van der Waals surface area contributed by atoms with Crippen LogP contribution in [0.3, 0.4) is 0 Å². The second-order valence-corrected chi connectivity index (χ2v) is 5.10. The summed E-state index contributed by atoms with van der Waals surface area (Å²) >= 11 is 0. The summed E-state index contributed by atoms with van der Waals surface area (Å²) < 4.78 is 22.3. The average molecular weight is 231 g/mol. The van der Waals surface area contributed by atoms with Gasteiger partial charge in [0.05, 0.1) is 12.0 Å². The summed E-state index contributed by atoms with van der Waals surface area (Å²) in [6.45, 7) is 0.312. The molecule has 1 aromatic carbocycles. The zero-order valence-corrected chi connectivity index (χ0v) is 9.34. The van der Waals surface area contributed by atoms with E-state index < -0.39 is 9.84 Å². The molecule has 0 aliphatic carbocycles. The molecule has 0 aliphatic heterocycles. The number of phenolic OH excluding ortho intramolecular Hbond substituents is 1. The van der Waals surface area contributed by atoms with E-state index in [1.807, 2.05) is 0 Å².